The van der Waals surface area contributed by atoms with Crippen molar-refractivity contribution in [3.63, 3.8) is 0 Å². The fourth-order valence-corrected chi connectivity index (χ4v) is 2.87. The van der Waals surface area contributed by atoms with Gasteiger partial charge in [0.15, 0.2) is 0 Å². The number of hydrogen-bond donors (Lipinski definition) is 1. The Labute approximate surface area is 120 Å². The Morgan fingerprint density at radius 3 is 2.58 bits per heavy atom. The molecule has 0 aromatic heterocycles. The first-order valence-corrected chi connectivity index (χ1v) is 8.33. The lowest BCUT2D eigenvalue weighted by Crippen LogP contribution is -2.36. The second kappa shape index (κ2) is 7.78. The minimum atomic E-state index is 0.564. The predicted molar refractivity (Wildman–Crippen MR) is 84.2 cm³/mol. The van der Waals surface area contributed by atoms with Crippen molar-refractivity contribution < 1.29 is 4.74 Å². The van der Waals surface area contributed by atoms with E-state index in [2.05, 4.69) is 47.7 Å². The Bertz CT molecular complexity index is 363. The molecule has 1 aromatic rings. The van der Waals surface area contributed by atoms with E-state index < -0.39 is 0 Å². The first-order chi connectivity index (χ1) is 9.29. The second-order valence-electron chi connectivity index (χ2n) is 5.00. The lowest BCUT2D eigenvalue weighted by Gasteiger charge is -2.29. The van der Waals surface area contributed by atoms with Crippen LogP contribution in [0, 0.1) is 0 Å². The fourth-order valence-electron chi connectivity index (χ4n) is 2.25. The molecule has 2 rings (SSSR count). The summed E-state index contributed by atoms with van der Waals surface area (Å²) in [4.78, 5) is 2.39. The smallest absolute Gasteiger partial charge is 0.0642 e. The van der Waals surface area contributed by atoms with Gasteiger partial charge in [-0.05, 0) is 30.9 Å². The van der Waals surface area contributed by atoms with Crippen LogP contribution in [-0.4, -0.2) is 44.4 Å². The first-order valence-electron chi connectivity index (χ1n) is 6.93. The maximum atomic E-state index is 5.38. The Hall–Kier alpha value is -0.710. The number of morpholine rings is 1. The summed E-state index contributed by atoms with van der Waals surface area (Å²) in [6, 6.07) is 9.46. The van der Waals surface area contributed by atoms with E-state index in [9.17, 15) is 0 Å². The molecule has 0 radical (unpaired) electrons. The van der Waals surface area contributed by atoms with E-state index in [0.29, 0.717) is 6.04 Å². The predicted octanol–water partition coefficient (Wildman–Crippen LogP) is 2.36. The molecule has 1 heterocycles. The summed E-state index contributed by atoms with van der Waals surface area (Å²) in [7, 11) is 0. The molecular weight excluding hydrogens is 256 g/mol. The average molecular weight is 280 g/mol. The van der Waals surface area contributed by atoms with Gasteiger partial charge >= 0.3 is 0 Å². The van der Waals surface area contributed by atoms with Crippen LogP contribution in [0.15, 0.2) is 24.3 Å². The van der Waals surface area contributed by atoms with Crippen LogP contribution >= 0.6 is 11.8 Å². The van der Waals surface area contributed by atoms with Gasteiger partial charge in [0.25, 0.3) is 0 Å². The number of rotatable bonds is 6. The van der Waals surface area contributed by atoms with Crippen molar-refractivity contribution in [2.75, 3.05) is 43.2 Å². The zero-order valence-electron chi connectivity index (χ0n) is 11.9. The van der Waals surface area contributed by atoms with E-state index in [0.717, 1.165) is 38.6 Å². The minimum absolute atomic E-state index is 0.564. The molecule has 1 unspecified atom stereocenters. The highest BCUT2D eigenvalue weighted by molar-refractivity contribution is 7.98. The molecule has 0 saturated carbocycles. The average Bonchev–Trinajstić information content (AvgIpc) is 2.47. The summed E-state index contributed by atoms with van der Waals surface area (Å²) in [5.74, 6) is 1.16. The lowest BCUT2D eigenvalue weighted by molar-refractivity contribution is 0.122. The molecular formula is C15H24N2OS. The van der Waals surface area contributed by atoms with Crippen LogP contribution in [0.4, 0.5) is 5.69 Å². The molecule has 1 fully saturated rings. The number of nitrogens with zero attached hydrogens (tertiary/aromatic N) is 1. The SMILES string of the molecule is CSCC(C)NCc1ccc(N2CCOCC2)cc1. The number of benzene rings is 1. The normalized spacial score (nSPS) is 17.5. The van der Waals surface area contributed by atoms with Crippen LogP contribution in [0.3, 0.4) is 0 Å². The molecule has 4 heteroatoms. The third-order valence-corrected chi connectivity index (χ3v) is 4.22. The van der Waals surface area contributed by atoms with Crippen molar-refractivity contribution in [3.8, 4) is 0 Å². The number of anilines is 1. The van der Waals surface area contributed by atoms with Crippen molar-refractivity contribution in [3.05, 3.63) is 29.8 Å². The van der Waals surface area contributed by atoms with Crippen LogP contribution in [-0.2, 0) is 11.3 Å². The van der Waals surface area contributed by atoms with Crippen molar-refractivity contribution in [1.82, 2.24) is 5.32 Å². The van der Waals surface area contributed by atoms with Gasteiger partial charge in [0.1, 0.15) is 0 Å². The summed E-state index contributed by atoms with van der Waals surface area (Å²) in [5.41, 5.74) is 2.66. The van der Waals surface area contributed by atoms with Gasteiger partial charge in [-0.15, -0.1) is 0 Å². The summed E-state index contributed by atoms with van der Waals surface area (Å²) < 4.78 is 5.38. The maximum absolute atomic E-state index is 5.38. The van der Waals surface area contributed by atoms with Crippen LogP contribution < -0.4 is 10.2 Å². The van der Waals surface area contributed by atoms with Crippen molar-refractivity contribution in [1.29, 1.82) is 0 Å². The molecule has 0 amide bonds. The first kappa shape index (κ1) is 14.7. The Balaban J connectivity index is 1.83. The number of hydrogen-bond acceptors (Lipinski definition) is 4. The number of nitrogens with one attached hydrogen (secondary N) is 1. The van der Waals surface area contributed by atoms with Crippen molar-refractivity contribution in [2.24, 2.45) is 0 Å². The quantitative estimate of drug-likeness (QED) is 0.864. The highest BCUT2D eigenvalue weighted by atomic mass is 32.2. The highest BCUT2D eigenvalue weighted by Gasteiger charge is 2.10. The van der Waals surface area contributed by atoms with Gasteiger partial charge in [-0.2, -0.15) is 11.8 Å². The molecule has 1 aromatic carbocycles. The van der Waals surface area contributed by atoms with E-state index in [-0.39, 0.29) is 0 Å². The topological polar surface area (TPSA) is 24.5 Å². The van der Waals surface area contributed by atoms with Gasteiger partial charge in [0.05, 0.1) is 13.2 Å². The maximum Gasteiger partial charge on any atom is 0.0642 e. The molecule has 0 aliphatic carbocycles. The Morgan fingerprint density at radius 2 is 1.95 bits per heavy atom. The standard InChI is InChI=1S/C15H24N2OS/c1-13(12-19-2)16-11-14-3-5-15(6-4-14)17-7-9-18-10-8-17/h3-6,13,16H,7-12H2,1-2H3. The molecule has 106 valence electrons. The number of thioether (sulfide) groups is 1. The molecule has 1 aliphatic heterocycles. The molecule has 1 aliphatic rings. The Morgan fingerprint density at radius 1 is 1.26 bits per heavy atom. The largest absolute Gasteiger partial charge is 0.378 e. The molecule has 1 N–H and O–H groups in total. The van der Waals surface area contributed by atoms with E-state index in [1.54, 1.807) is 0 Å². The van der Waals surface area contributed by atoms with Gasteiger partial charge in [-0.1, -0.05) is 12.1 Å². The van der Waals surface area contributed by atoms with E-state index in [1.165, 1.54) is 11.3 Å². The molecule has 0 bridgehead atoms. The van der Waals surface area contributed by atoms with E-state index >= 15 is 0 Å². The zero-order valence-corrected chi connectivity index (χ0v) is 12.7. The molecule has 3 nitrogen and oxygen atoms in total. The van der Waals surface area contributed by atoms with Gasteiger partial charge in [0.2, 0.25) is 0 Å². The Kier molecular flexibility index (Phi) is 6.01. The fraction of sp³-hybridized carbons (Fsp3) is 0.600. The van der Waals surface area contributed by atoms with Crippen LogP contribution in [0.2, 0.25) is 0 Å². The second-order valence-corrected chi connectivity index (χ2v) is 5.91. The molecule has 1 saturated heterocycles. The third-order valence-electron chi connectivity index (χ3n) is 3.38. The summed E-state index contributed by atoms with van der Waals surface area (Å²) >= 11 is 1.89. The lowest BCUT2D eigenvalue weighted by atomic mass is 10.2. The van der Waals surface area contributed by atoms with Crippen molar-refractivity contribution in [2.45, 2.75) is 19.5 Å². The molecule has 19 heavy (non-hydrogen) atoms. The van der Waals surface area contributed by atoms with Crippen LogP contribution in [0.5, 0.6) is 0 Å². The van der Waals surface area contributed by atoms with Gasteiger partial charge in [-0.3, -0.25) is 0 Å². The van der Waals surface area contributed by atoms with Crippen molar-refractivity contribution >= 4 is 17.4 Å². The minimum Gasteiger partial charge on any atom is -0.378 e. The summed E-state index contributed by atoms with van der Waals surface area (Å²) in [6.07, 6.45) is 2.15. The van der Waals surface area contributed by atoms with Gasteiger partial charge < -0.3 is 15.0 Å². The van der Waals surface area contributed by atoms with Gasteiger partial charge in [-0.25, -0.2) is 0 Å². The van der Waals surface area contributed by atoms with Crippen LogP contribution in [0.1, 0.15) is 12.5 Å². The monoisotopic (exact) mass is 280 g/mol. The van der Waals surface area contributed by atoms with Crippen LogP contribution in [0.25, 0.3) is 0 Å². The van der Waals surface area contributed by atoms with E-state index in [1.807, 2.05) is 11.8 Å². The number of ether oxygens (including phenoxy) is 1. The molecule has 0 spiro atoms. The molecule has 1 atom stereocenters. The van der Waals surface area contributed by atoms with E-state index in [4.69, 9.17) is 4.74 Å². The summed E-state index contributed by atoms with van der Waals surface area (Å²) in [5, 5.41) is 3.54. The third kappa shape index (κ3) is 4.71. The summed E-state index contributed by atoms with van der Waals surface area (Å²) in [6.45, 7) is 6.87. The highest BCUT2D eigenvalue weighted by Crippen LogP contribution is 2.16. The van der Waals surface area contributed by atoms with Gasteiger partial charge in [0, 0.05) is 37.1 Å². The zero-order chi connectivity index (χ0) is 13.5.